The van der Waals surface area contributed by atoms with Gasteiger partial charge in [-0.1, -0.05) is 0 Å². The lowest BCUT2D eigenvalue weighted by Crippen LogP contribution is -2.39. The van der Waals surface area contributed by atoms with Crippen LogP contribution in [0.4, 0.5) is 5.95 Å². The highest BCUT2D eigenvalue weighted by Gasteiger charge is 2.17. The van der Waals surface area contributed by atoms with Gasteiger partial charge in [0.05, 0.1) is 0 Å². The minimum atomic E-state index is -0.0480. The van der Waals surface area contributed by atoms with Crippen LogP contribution >= 0.6 is 0 Å². The number of rotatable bonds is 4. The molecule has 18 heavy (non-hydrogen) atoms. The summed E-state index contributed by atoms with van der Waals surface area (Å²) in [6.07, 6.45) is 3.85. The van der Waals surface area contributed by atoms with E-state index >= 15 is 0 Å². The summed E-state index contributed by atoms with van der Waals surface area (Å²) < 4.78 is 1.44. The number of hydrogen-bond donors (Lipinski definition) is 2. The number of nitrogens with two attached hydrogens (primary N) is 1. The van der Waals surface area contributed by atoms with Crippen molar-refractivity contribution < 1.29 is 4.79 Å². The van der Waals surface area contributed by atoms with Gasteiger partial charge in [-0.05, 0) is 32.4 Å². The van der Waals surface area contributed by atoms with E-state index in [1.165, 1.54) is 23.9 Å². The Balaban J connectivity index is 1.71. The summed E-state index contributed by atoms with van der Waals surface area (Å²) in [5.41, 5.74) is 5.38. The molecule has 3 N–H and O–H groups in total. The average Bonchev–Trinajstić information content (AvgIpc) is 2.72. The molecular weight excluding hydrogens is 232 g/mol. The Labute approximate surface area is 106 Å². The van der Waals surface area contributed by atoms with E-state index in [2.05, 4.69) is 27.3 Å². The second-order valence-electron chi connectivity index (χ2n) is 4.87. The maximum Gasteiger partial charge on any atom is 0.241 e. The molecule has 2 heterocycles. The zero-order chi connectivity index (χ0) is 13.0. The Morgan fingerprint density at radius 3 is 3.17 bits per heavy atom. The minimum Gasteiger partial charge on any atom is -0.367 e. The van der Waals surface area contributed by atoms with Gasteiger partial charge in [0, 0.05) is 13.1 Å². The van der Waals surface area contributed by atoms with E-state index in [1.807, 2.05) is 0 Å². The van der Waals surface area contributed by atoms with Crippen molar-refractivity contribution in [1.82, 2.24) is 25.0 Å². The molecule has 1 fully saturated rings. The van der Waals surface area contributed by atoms with Gasteiger partial charge in [-0.15, -0.1) is 5.10 Å². The maximum atomic E-state index is 11.7. The molecule has 1 unspecified atom stereocenters. The van der Waals surface area contributed by atoms with Crippen LogP contribution in [0.2, 0.25) is 0 Å². The fourth-order valence-electron chi connectivity index (χ4n) is 2.29. The Morgan fingerprint density at radius 1 is 1.67 bits per heavy atom. The van der Waals surface area contributed by atoms with Gasteiger partial charge >= 0.3 is 0 Å². The summed E-state index contributed by atoms with van der Waals surface area (Å²) in [5, 5.41) is 6.81. The zero-order valence-corrected chi connectivity index (χ0v) is 10.7. The smallest absolute Gasteiger partial charge is 0.241 e. The van der Waals surface area contributed by atoms with Gasteiger partial charge in [0.25, 0.3) is 0 Å². The van der Waals surface area contributed by atoms with E-state index in [-0.39, 0.29) is 18.4 Å². The molecule has 0 radical (unpaired) electrons. The molecule has 0 spiro atoms. The van der Waals surface area contributed by atoms with Crippen molar-refractivity contribution in [2.45, 2.75) is 19.4 Å². The molecule has 100 valence electrons. The van der Waals surface area contributed by atoms with Crippen LogP contribution < -0.4 is 11.1 Å². The number of nitrogens with zero attached hydrogens (tertiary/aromatic N) is 4. The van der Waals surface area contributed by atoms with Crippen LogP contribution in [0.5, 0.6) is 0 Å². The number of carbonyl (C=O) groups is 1. The third-order valence-electron chi connectivity index (χ3n) is 3.17. The molecule has 1 aromatic heterocycles. The maximum absolute atomic E-state index is 11.7. The third kappa shape index (κ3) is 3.69. The van der Waals surface area contributed by atoms with Gasteiger partial charge < -0.3 is 16.0 Å². The molecule has 0 bridgehead atoms. The number of anilines is 1. The Hall–Kier alpha value is -1.63. The highest BCUT2D eigenvalue weighted by Crippen LogP contribution is 2.13. The molecule has 7 nitrogen and oxygen atoms in total. The first kappa shape index (κ1) is 12.8. The summed E-state index contributed by atoms with van der Waals surface area (Å²) >= 11 is 0. The number of amides is 1. The lowest BCUT2D eigenvalue weighted by atomic mass is 9.98. The number of nitrogen functional groups attached to an aromatic ring is 1. The molecule has 1 aromatic rings. The molecule has 2 rings (SSSR count). The predicted octanol–water partition coefficient (Wildman–Crippen LogP) is -0.682. The van der Waals surface area contributed by atoms with Gasteiger partial charge in [-0.25, -0.2) is 9.67 Å². The zero-order valence-electron chi connectivity index (χ0n) is 10.7. The first-order chi connectivity index (χ1) is 8.63. The number of nitrogens with one attached hydrogen (secondary N) is 1. The van der Waals surface area contributed by atoms with Crippen LogP contribution in [-0.2, 0) is 11.3 Å². The quantitative estimate of drug-likeness (QED) is 0.741. The number of aromatic nitrogens is 3. The second kappa shape index (κ2) is 5.81. The summed E-state index contributed by atoms with van der Waals surface area (Å²) in [6.45, 7) is 3.11. The van der Waals surface area contributed by atoms with Crippen molar-refractivity contribution in [3.63, 3.8) is 0 Å². The van der Waals surface area contributed by atoms with E-state index in [4.69, 9.17) is 5.73 Å². The normalized spacial score (nSPS) is 20.8. The van der Waals surface area contributed by atoms with Crippen LogP contribution in [0.3, 0.4) is 0 Å². The Kier molecular flexibility index (Phi) is 4.14. The van der Waals surface area contributed by atoms with Crippen molar-refractivity contribution in [3.8, 4) is 0 Å². The lowest BCUT2D eigenvalue weighted by molar-refractivity contribution is -0.122. The Bertz CT molecular complexity index is 404. The predicted molar refractivity (Wildman–Crippen MR) is 67.7 cm³/mol. The first-order valence-corrected chi connectivity index (χ1v) is 6.23. The van der Waals surface area contributed by atoms with Crippen LogP contribution in [0, 0.1) is 5.92 Å². The van der Waals surface area contributed by atoms with Crippen molar-refractivity contribution in [3.05, 3.63) is 6.33 Å². The summed E-state index contributed by atoms with van der Waals surface area (Å²) in [4.78, 5) is 17.8. The lowest BCUT2D eigenvalue weighted by Gasteiger charge is -2.29. The molecule has 0 saturated carbocycles. The summed E-state index contributed by atoms with van der Waals surface area (Å²) in [5.74, 6) is 0.693. The highest BCUT2D eigenvalue weighted by atomic mass is 16.2. The molecule has 0 aliphatic carbocycles. The number of piperidine rings is 1. The molecule has 1 saturated heterocycles. The fourth-order valence-corrected chi connectivity index (χ4v) is 2.29. The van der Waals surface area contributed by atoms with E-state index in [1.54, 1.807) is 0 Å². The van der Waals surface area contributed by atoms with Gasteiger partial charge in [0.15, 0.2) is 0 Å². The summed E-state index contributed by atoms with van der Waals surface area (Å²) in [7, 11) is 2.12. The topological polar surface area (TPSA) is 89.1 Å². The van der Waals surface area contributed by atoms with Gasteiger partial charge in [-0.3, -0.25) is 4.79 Å². The number of likely N-dealkylation sites (tertiary alicyclic amines) is 1. The molecule has 1 amide bonds. The second-order valence-corrected chi connectivity index (χ2v) is 4.87. The van der Waals surface area contributed by atoms with Crippen LogP contribution in [0.1, 0.15) is 12.8 Å². The van der Waals surface area contributed by atoms with Crippen molar-refractivity contribution in [2.75, 3.05) is 32.4 Å². The van der Waals surface area contributed by atoms with E-state index < -0.39 is 0 Å². The SMILES string of the molecule is CN1CCCC(CNC(=O)Cn2cnc(N)n2)C1. The van der Waals surface area contributed by atoms with Crippen LogP contribution in [0.15, 0.2) is 6.33 Å². The molecule has 1 aliphatic heterocycles. The molecular formula is C11H20N6O. The highest BCUT2D eigenvalue weighted by molar-refractivity contribution is 5.75. The first-order valence-electron chi connectivity index (χ1n) is 6.23. The monoisotopic (exact) mass is 252 g/mol. The summed E-state index contributed by atoms with van der Waals surface area (Å²) in [6, 6.07) is 0. The van der Waals surface area contributed by atoms with Crippen LogP contribution in [-0.4, -0.2) is 52.3 Å². The van der Waals surface area contributed by atoms with Gasteiger partial charge in [0.1, 0.15) is 12.9 Å². The van der Waals surface area contributed by atoms with E-state index in [0.717, 1.165) is 19.6 Å². The van der Waals surface area contributed by atoms with Gasteiger partial charge in [-0.2, -0.15) is 0 Å². The Morgan fingerprint density at radius 2 is 2.50 bits per heavy atom. The molecule has 1 aliphatic rings. The van der Waals surface area contributed by atoms with Crippen molar-refractivity contribution in [1.29, 1.82) is 0 Å². The number of carbonyl (C=O) groups excluding carboxylic acids is 1. The third-order valence-corrected chi connectivity index (χ3v) is 3.17. The van der Waals surface area contributed by atoms with E-state index in [9.17, 15) is 4.79 Å². The largest absolute Gasteiger partial charge is 0.367 e. The minimum absolute atomic E-state index is 0.0480. The standard InChI is InChI=1S/C11H20N6O/c1-16-4-2-3-9(6-16)5-13-10(18)7-17-8-14-11(12)15-17/h8-9H,2-7H2,1H3,(H2,12,15)(H,13,18). The van der Waals surface area contributed by atoms with Gasteiger partial charge in [0.2, 0.25) is 11.9 Å². The van der Waals surface area contributed by atoms with Crippen molar-refractivity contribution >= 4 is 11.9 Å². The number of hydrogen-bond acceptors (Lipinski definition) is 5. The van der Waals surface area contributed by atoms with E-state index in [0.29, 0.717) is 5.92 Å². The molecule has 7 heteroatoms. The average molecular weight is 252 g/mol. The molecule has 0 aromatic carbocycles. The van der Waals surface area contributed by atoms with Crippen LogP contribution in [0.25, 0.3) is 0 Å². The molecule has 1 atom stereocenters. The fraction of sp³-hybridized carbons (Fsp3) is 0.727. The van der Waals surface area contributed by atoms with Crippen molar-refractivity contribution in [2.24, 2.45) is 5.92 Å².